The van der Waals surface area contributed by atoms with Crippen LogP contribution in [0.2, 0.25) is 5.02 Å². The first-order valence-electron chi connectivity index (χ1n) is 7.73. The summed E-state index contributed by atoms with van der Waals surface area (Å²) < 4.78 is 5.66. The predicted molar refractivity (Wildman–Crippen MR) is 87.1 cm³/mol. The number of ether oxygens (including phenoxy) is 1. The lowest BCUT2D eigenvalue weighted by atomic mass is 9.92. The van der Waals surface area contributed by atoms with Crippen molar-refractivity contribution in [3.05, 3.63) is 28.8 Å². The summed E-state index contributed by atoms with van der Waals surface area (Å²) in [7, 11) is 0. The molecular weight excluding hydrogens is 286 g/mol. The lowest BCUT2D eigenvalue weighted by molar-refractivity contribution is 0.0429. The second kappa shape index (κ2) is 7.48. The number of nitrogens with zero attached hydrogens (tertiary/aromatic N) is 1. The van der Waals surface area contributed by atoms with Crippen molar-refractivity contribution < 1.29 is 9.84 Å². The van der Waals surface area contributed by atoms with Gasteiger partial charge in [0, 0.05) is 24.7 Å². The Morgan fingerprint density at radius 3 is 2.62 bits per heavy atom. The molecule has 0 amide bonds. The van der Waals surface area contributed by atoms with E-state index in [0.717, 1.165) is 29.4 Å². The van der Waals surface area contributed by atoms with Crippen LogP contribution in [-0.2, 0) is 0 Å². The molecule has 0 unspecified atom stereocenters. The van der Waals surface area contributed by atoms with Crippen molar-refractivity contribution in [1.29, 1.82) is 0 Å². The maximum atomic E-state index is 10.2. The van der Waals surface area contributed by atoms with E-state index < -0.39 is 6.10 Å². The molecule has 1 heterocycles. The molecule has 1 aliphatic heterocycles. The van der Waals surface area contributed by atoms with Crippen LogP contribution in [0, 0.1) is 18.8 Å². The van der Waals surface area contributed by atoms with E-state index in [4.69, 9.17) is 16.3 Å². The number of benzene rings is 1. The quantitative estimate of drug-likeness (QED) is 0.905. The van der Waals surface area contributed by atoms with Crippen molar-refractivity contribution in [3.8, 4) is 5.75 Å². The summed E-state index contributed by atoms with van der Waals surface area (Å²) in [6.45, 7) is 9.65. The van der Waals surface area contributed by atoms with Crippen LogP contribution in [0.1, 0.15) is 25.8 Å². The molecule has 0 bridgehead atoms. The Morgan fingerprint density at radius 2 is 2.00 bits per heavy atom. The third-order valence-electron chi connectivity index (χ3n) is 3.99. The minimum absolute atomic E-state index is 0.320. The normalized spacial score (nSPS) is 24.8. The fourth-order valence-corrected chi connectivity index (χ4v) is 3.31. The van der Waals surface area contributed by atoms with Crippen LogP contribution in [0.15, 0.2) is 18.2 Å². The van der Waals surface area contributed by atoms with Gasteiger partial charge in [-0.05, 0) is 48.9 Å². The van der Waals surface area contributed by atoms with Crippen molar-refractivity contribution >= 4 is 11.6 Å². The standard InChI is InChI=1S/C17H26ClNO2/c1-12-6-13(2)9-19(8-12)10-15(20)11-21-16-4-5-17(18)14(3)7-16/h4-5,7,12-13,15,20H,6,8-11H2,1-3H3/t12-,13-,15+/m0/s1. The Hall–Kier alpha value is -0.770. The number of halogens is 1. The Balaban J connectivity index is 1.79. The SMILES string of the molecule is Cc1cc(OC[C@H](O)CN2C[C@@H](C)C[C@H](C)C2)ccc1Cl. The van der Waals surface area contributed by atoms with Crippen LogP contribution in [0.3, 0.4) is 0 Å². The van der Waals surface area contributed by atoms with E-state index in [9.17, 15) is 5.11 Å². The summed E-state index contributed by atoms with van der Waals surface area (Å²) in [5.74, 6) is 2.18. The van der Waals surface area contributed by atoms with Crippen LogP contribution in [0.4, 0.5) is 0 Å². The van der Waals surface area contributed by atoms with Gasteiger partial charge in [0.15, 0.2) is 0 Å². The summed E-state index contributed by atoms with van der Waals surface area (Å²) in [6.07, 6.45) is 0.825. The van der Waals surface area contributed by atoms with E-state index in [0.29, 0.717) is 25.0 Å². The Labute approximate surface area is 132 Å². The number of likely N-dealkylation sites (tertiary alicyclic amines) is 1. The second-order valence-corrected chi connectivity index (χ2v) is 6.95. The third-order valence-corrected chi connectivity index (χ3v) is 4.41. The number of β-amino-alcohol motifs (C(OH)–C–C–N with tert-alkyl or cyclic N) is 1. The van der Waals surface area contributed by atoms with Crippen molar-refractivity contribution in [2.75, 3.05) is 26.2 Å². The number of hydrogen-bond acceptors (Lipinski definition) is 3. The summed E-state index contributed by atoms with van der Waals surface area (Å²) in [5.41, 5.74) is 0.988. The van der Waals surface area contributed by atoms with Crippen molar-refractivity contribution in [2.24, 2.45) is 11.8 Å². The van der Waals surface area contributed by atoms with E-state index in [-0.39, 0.29) is 0 Å². The van der Waals surface area contributed by atoms with Crippen molar-refractivity contribution in [3.63, 3.8) is 0 Å². The molecule has 1 fully saturated rings. The Morgan fingerprint density at radius 1 is 1.33 bits per heavy atom. The third kappa shape index (κ3) is 5.17. The summed E-state index contributed by atoms with van der Waals surface area (Å²) >= 11 is 5.99. The van der Waals surface area contributed by atoms with Gasteiger partial charge >= 0.3 is 0 Å². The highest BCUT2D eigenvalue weighted by atomic mass is 35.5. The van der Waals surface area contributed by atoms with Gasteiger partial charge in [-0.2, -0.15) is 0 Å². The molecule has 2 rings (SSSR count). The Bertz CT molecular complexity index is 456. The first-order chi connectivity index (χ1) is 9.94. The number of aliphatic hydroxyl groups excluding tert-OH is 1. The molecule has 3 nitrogen and oxygen atoms in total. The van der Waals surface area contributed by atoms with Gasteiger partial charge in [-0.1, -0.05) is 25.4 Å². The average Bonchev–Trinajstić information content (AvgIpc) is 2.39. The number of aryl methyl sites for hydroxylation is 1. The monoisotopic (exact) mass is 311 g/mol. The zero-order valence-electron chi connectivity index (χ0n) is 13.2. The van der Waals surface area contributed by atoms with Gasteiger partial charge in [0.1, 0.15) is 18.5 Å². The molecule has 0 spiro atoms. The van der Waals surface area contributed by atoms with E-state index >= 15 is 0 Å². The first-order valence-corrected chi connectivity index (χ1v) is 8.11. The van der Waals surface area contributed by atoms with E-state index in [1.807, 2.05) is 25.1 Å². The fraction of sp³-hybridized carbons (Fsp3) is 0.647. The van der Waals surface area contributed by atoms with Gasteiger partial charge in [-0.25, -0.2) is 0 Å². The zero-order chi connectivity index (χ0) is 15.4. The van der Waals surface area contributed by atoms with Gasteiger partial charge < -0.3 is 14.7 Å². The lowest BCUT2D eigenvalue weighted by Crippen LogP contribution is -2.44. The molecule has 1 N–H and O–H groups in total. The van der Waals surface area contributed by atoms with Crippen LogP contribution >= 0.6 is 11.6 Å². The molecule has 118 valence electrons. The molecule has 1 aromatic rings. The largest absolute Gasteiger partial charge is 0.491 e. The van der Waals surface area contributed by atoms with Gasteiger partial charge in [-0.3, -0.25) is 0 Å². The van der Waals surface area contributed by atoms with E-state index in [1.54, 1.807) is 0 Å². The van der Waals surface area contributed by atoms with Crippen LogP contribution in [0.25, 0.3) is 0 Å². The van der Waals surface area contributed by atoms with Crippen molar-refractivity contribution in [2.45, 2.75) is 33.3 Å². The summed E-state index contributed by atoms with van der Waals surface area (Å²) in [5, 5.41) is 10.9. The highest BCUT2D eigenvalue weighted by Crippen LogP contribution is 2.22. The smallest absolute Gasteiger partial charge is 0.119 e. The average molecular weight is 312 g/mol. The number of piperidine rings is 1. The van der Waals surface area contributed by atoms with Gasteiger partial charge in [-0.15, -0.1) is 0 Å². The molecule has 1 saturated heterocycles. The molecule has 0 aromatic heterocycles. The van der Waals surface area contributed by atoms with E-state index in [1.165, 1.54) is 6.42 Å². The molecule has 0 radical (unpaired) electrons. The summed E-state index contributed by atoms with van der Waals surface area (Å²) in [4.78, 5) is 2.35. The van der Waals surface area contributed by atoms with E-state index in [2.05, 4.69) is 18.7 Å². The second-order valence-electron chi connectivity index (χ2n) is 6.54. The lowest BCUT2D eigenvalue weighted by Gasteiger charge is -2.35. The van der Waals surface area contributed by atoms with Gasteiger partial charge in [0.05, 0.1) is 0 Å². The van der Waals surface area contributed by atoms with Gasteiger partial charge in [0.25, 0.3) is 0 Å². The number of aliphatic hydroxyl groups is 1. The van der Waals surface area contributed by atoms with Crippen LogP contribution < -0.4 is 4.74 Å². The minimum Gasteiger partial charge on any atom is -0.491 e. The maximum absolute atomic E-state index is 10.2. The molecule has 1 aromatic carbocycles. The molecule has 1 aliphatic rings. The molecule has 21 heavy (non-hydrogen) atoms. The molecule has 0 aliphatic carbocycles. The summed E-state index contributed by atoms with van der Waals surface area (Å²) in [6, 6.07) is 5.57. The van der Waals surface area contributed by atoms with Crippen LogP contribution in [0.5, 0.6) is 5.75 Å². The first kappa shape index (κ1) is 16.6. The minimum atomic E-state index is -0.460. The number of rotatable bonds is 5. The molecule has 0 saturated carbocycles. The predicted octanol–water partition coefficient (Wildman–Crippen LogP) is 3.37. The Kier molecular flexibility index (Phi) is 5.91. The molecular formula is C17H26ClNO2. The fourth-order valence-electron chi connectivity index (χ4n) is 3.19. The highest BCUT2D eigenvalue weighted by Gasteiger charge is 2.23. The van der Waals surface area contributed by atoms with Crippen LogP contribution in [-0.4, -0.2) is 42.4 Å². The van der Waals surface area contributed by atoms with Gasteiger partial charge in [0.2, 0.25) is 0 Å². The topological polar surface area (TPSA) is 32.7 Å². The number of hydrogen-bond donors (Lipinski definition) is 1. The van der Waals surface area contributed by atoms with Crippen molar-refractivity contribution in [1.82, 2.24) is 4.90 Å². The molecule has 4 heteroatoms. The molecule has 3 atom stereocenters. The highest BCUT2D eigenvalue weighted by molar-refractivity contribution is 6.31. The maximum Gasteiger partial charge on any atom is 0.119 e. The zero-order valence-corrected chi connectivity index (χ0v) is 13.9.